The minimum atomic E-state index is -1.22. The first kappa shape index (κ1) is 7.09. The Bertz CT molecular complexity index is 124. The number of hydrogen-bond donors (Lipinski definition) is 0. The molecule has 0 spiro atoms. The van der Waals surface area contributed by atoms with Crippen LogP contribution in [0.5, 0.6) is 0 Å². The minimum Gasteiger partial charge on any atom is -0.609 e. The van der Waals surface area contributed by atoms with Crippen LogP contribution in [0, 0.1) is 0 Å². The highest BCUT2D eigenvalue weighted by molar-refractivity contribution is 8.23. The minimum absolute atomic E-state index is 1.12. The molecule has 1 heterocycles. The van der Waals surface area contributed by atoms with E-state index in [2.05, 4.69) is 0 Å². The van der Waals surface area contributed by atoms with Gasteiger partial charge in [0, 0.05) is 16.6 Å². The maximum atomic E-state index is 10.6. The summed E-state index contributed by atoms with van der Waals surface area (Å²) in [5, 5.41) is 3.11. The molecule has 5 heteroatoms. The topological polar surface area (TPSA) is 23.1 Å². The Hall–Kier alpha value is 0.980. The molecule has 0 amide bonds. The second-order valence-corrected chi connectivity index (χ2v) is 6.23. The monoisotopic (exact) mass is 188 g/mol. The third kappa shape index (κ3) is 1.28. The molecule has 1 aliphatic rings. The smallest absolute Gasteiger partial charge is 0.329 e. The van der Waals surface area contributed by atoms with Gasteiger partial charge in [-0.05, 0) is 35.0 Å². The highest BCUT2D eigenvalue weighted by Crippen LogP contribution is 2.46. The van der Waals surface area contributed by atoms with Crippen LogP contribution in [0.4, 0.5) is 0 Å². The largest absolute Gasteiger partial charge is 0.609 e. The van der Waals surface area contributed by atoms with Crippen molar-refractivity contribution in [2.24, 2.45) is 0 Å². The molecule has 0 aromatic heterocycles. The molecule has 1 atom stereocenters. The molecule has 0 aromatic rings. The molecule has 0 aromatic carbocycles. The Morgan fingerprint density at radius 1 is 1.62 bits per heavy atom. The van der Waals surface area contributed by atoms with E-state index in [1.165, 1.54) is 5.41 Å². The molecule has 0 radical (unpaired) electrons. The first-order valence-electron chi connectivity index (χ1n) is 1.76. The van der Waals surface area contributed by atoms with E-state index in [-0.39, 0.29) is 0 Å². The Kier molecular flexibility index (Phi) is 2.05. The second-order valence-electron chi connectivity index (χ2n) is 1.15. The van der Waals surface area contributed by atoms with E-state index in [1.807, 2.05) is 0 Å². The summed E-state index contributed by atoms with van der Waals surface area (Å²) < 4.78 is 9.51. The lowest BCUT2D eigenvalue weighted by atomic mass is 11.3. The lowest BCUT2D eigenvalue weighted by Gasteiger charge is -2.11. The fourth-order valence-electron chi connectivity index (χ4n) is 0.284. The van der Waals surface area contributed by atoms with Crippen LogP contribution in [0.15, 0.2) is 10.8 Å². The first-order valence-corrected chi connectivity index (χ1v) is 4.61. The van der Waals surface area contributed by atoms with Gasteiger partial charge in [0.25, 0.3) is 0 Å². The maximum Gasteiger partial charge on any atom is 0.329 e. The summed E-state index contributed by atoms with van der Waals surface area (Å²) in [4.78, 5) is 0. The summed E-state index contributed by atoms with van der Waals surface area (Å²) in [7, 11) is 0. The zero-order valence-corrected chi connectivity index (χ0v) is 6.78. The summed E-state index contributed by atoms with van der Waals surface area (Å²) in [6.07, 6.45) is 0. The fraction of sp³-hybridized carbons (Fsp3) is 0.333. The van der Waals surface area contributed by atoms with E-state index in [0.717, 1.165) is 11.8 Å². The summed E-state index contributed by atoms with van der Waals surface area (Å²) in [5.74, 6) is 0. The van der Waals surface area contributed by atoms with Crippen molar-refractivity contribution in [1.82, 2.24) is 0 Å². The summed E-state index contributed by atoms with van der Waals surface area (Å²) in [5.41, 5.74) is 0. The Morgan fingerprint density at radius 2 is 2.25 bits per heavy atom. The average molecular weight is 189 g/mol. The fourth-order valence-corrected chi connectivity index (χ4v) is 2.56. The highest BCUT2D eigenvalue weighted by Gasteiger charge is 2.41. The quantitative estimate of drug-likeness (QED) is 0.430. The zero-order chi connectivity index (χ0) is 6.20. The van der Waals surface area contributed by atoms with Gasteiger partial charge < -0.3 is 4.55 Å². The van der Waals surface area contributed by atoms with E-state index in [9.17, 15) is 4.55 Å². The van der Waals surface area contributed by atoms with E-state index >= 15 is 0 Å². The van der Waals surface area contributed by atoms with E-state index in [1.54, 1.807) is 5.41 Å². The molecule has 0 bridgehead atoms. The molecule has 1 unspecified atom stereocenters. The maximum absolute atomic E-state index is 10.6. The van der Waals surface area contributed by atoms with Crippen molar-refractivity contribution >= 4 is 46.1 Å². The molecular formula is C3H2Cl2OS2. The van der Waals surface area contributed by atoms with Gasteiger partial charge in [0.2, 0.25) is 0 Å². The summed E-state index contributed by atoms with van der Waals surface area (Å²) >= 11 is 10.9. The summed E-state index contributed by atoms with van der Waals surface area (Å²) in [6.45, 7) is 0. The number of halogens is 2. The second kappa shape index (κ2) is 2.31. The van der Waals surface area contributed by atoms with Crippen LogP contribution in [0.1, 0.15) is 0 Å². The van der Waals surface area contributed by atoms with Crippen LogP contribution in [0.3, 0.4) is 0 Å². The van der Waals surface area contributed by atoms with Crippen molar-refractivity contribution in [3.05, 3.63) is 10.8 Å². The first-order chi connectivity index (χ1) is 3.63. The molecule has 1 rings (SSSR count). The third-order valence-electron chi connectivity index (χ3n) is 0.619. The molecular weight excluding hydrogens is 187 g/mol. The molecule has 0 N–H and O–H groups in total. The SMILES string of the molecule is [O-][S+]1C=CSC1(Cl)Cl. The van der Waals surface area contributed by atoms with Gasteiger partial charge in [-0.3, -0.25) is 0 Å². The summed E-state index contributed by atoms with van der Waals surface area (Å²) in [6, 6.07) is 0. The number of rotatable bonds is 0. The van der Waals surface area contributed by atoms with E-state index in [0.29, 0.717) is 0 Å². The Labute approximate surface area is 64.6 Å². The van der Waals surface area contributed by atoms with Crippen molar-refractivity contribution in [1.29, 1.82) is 0 Å². The van der Waals surface area contributed by atoms with Crippen molar-refractivity contribution in [3.63, 3.8) is 0 Å². The van der Waals surface area contributed by atoms with Crippen LogP contribution < -0.4 is 0 Å². The predicted molar refractivity (Wildman–Crippen MR) is 39.3 cm³/mol. The van der Waals surface area contributed by atoms with Gasteiger partial charge in [0.05, 0.1) is 0 Å². The van der Waals surface area contributed by atoms with Crippen molar-refractivity contribution in [2.75, 3.05) is 0 Å². The normalized spacial score (nSPS) is 33.6. The number of alkyl halides is 2. The predicted octanol–water partition coefficient (Wildman–Crippen LogP) is 2.04. The molecule has 1 nitrogen and oxygen atoms in total. The zero-order valence-electron chi connectivity index (χ0n) is 3.64. The van der Waals surface area contributed by atoms with Crippen LogP contribution in [-0.4, -0.2) is 7.55 Å². The Morgan fingerprint density at radius 3 is 2.38 bits per heavy atom. The lowest BCUT2D eigenvalue weighted by molar-refractivity contribution is 0.605. The van der Waals surface area contributed by atoms with Gasteiger partial charge in [-0.1, -0.05) is 0 Å². The molecule has 0 fully saturated rings. The van der Waals surface area contributed by atoms with Crippen LogP contribution >= 0.6 is 35.0 Å². The van der Waals surface area contributed by atoms with Crippen LogP contribution in [0.2, 0.25) is 0 Å². The van der Waals surface area contributed by atoms with Gasteiger partial charge in [0.15, 0.2) is 0 Å². The Balaban J connectivity index is 2.64. The van der Waals surface area contributed by atoms with Gasteiger partial charge >= 0.3 is 3.00 Å². The standard InChI is InChI=1S/C3H2Cl2OS2/c4-3(5)7-1-2-8(3)6/h1-2H. The van der Waals surface area contributed by atoms with Crippen LogP contribution in [-0.2, 0) is 11.2 Å². The van der Waals surface area contributed by atoms with Crippen molar-refractivity contribution in [2.45, 2.75) is 3.00 Å². The molecule has 8 heavy (non-hydrogen) atoms. The molecule has 0 saturated heterocycles. The number of thioether (sulfide) groups is 1. The van der Waals surface area contributed by atoms with Gasteiger partial charge in [-0.2, -0.15) is 0 Å². The molecule has 0 saturated carbocycles. The van der Waals surface area contributed by atoms with Gasteiger partial charge in [-0.15, -0.1) is 0 Å². The number of hydrogen-bond acceptors (Lipinski definition) is 2. The van der Waals surface area contributed by atoms with E-state index < -0.39 is 14.2 Å². The van der Waals surface area contributed by atoms with Gasteiger partial charge in [-0.25, -0.2) is 0 Å². The average Bonchev–Trinajstić information content (AvgIpc) is 1.86. The van der Waals surface area contributed by atoms with Crippen LogP contribution in [0.25, 0.3) is 0 Å². The molecule has 0 aliphatic carbocycles. The van der Waals surface area contributed by atoms with Gasteiger partial charge in [0.1, 0.15) is 5.41 Å². The highest BCUT2D eigenvalue weighted by atomic mass is 35.5. The molecule has 1 aliphatic heterocycles. The lowest BCUT2D eigenvalue weighted by Crippen LogP contribution is -2.14. The molecule has 46 valence electrons. The van der Waals surface area contributed by atoms with Crippen molar-refractivity contribution in [3.8, 4) is 0 Å². The van der Waals surface area contributed by atoms with E-state index in [4.69, 9.17) is 23.2 Å². The van der Waals surface area contributed by atoms with Crippen molar-refractivity contribution < 1.29 is 4.55 Å². The third-order valence-corrected chi connectivity index (χ3v) is 4.42.